The van der Waals surface area contributed by atoms with Crippen LogP contribution in [0.15, 0.2) is 29.6 Å². The van der Waals surface area contributed by atoms with Gasteiger partial charge in [-0.3, -0.25) is 15.0 Å². The van der Waals surface area contributed by atoms with Gasteiger partial charge in [0.2, 0.25) is 5.91 Å². The highest BCUT2D eigenvalue weighted by Crippen LogP contribution is 2.48. The van der Waals surface area contributed by atoms with Crippen molar-refractivity contribution in [1.82, 2.24) is 10.2 Å². The fourth-order valence-electron chi connectivity index (χ4n) is 4.00. The van der Waals surface area contributed by atoms with Crippen LogP contribution >= 0.6 is 11.3 Å². The quantitative estimate of drug-likeness (QED) is 0.838. The molecule has 2 heterocycles. The molecule has 0 unspecified atom stereocenters. The standard InChI is InChI=1S/C21H25N3O2S/c1-13-3-6-17(14(2)11-13)22-21(26)23-19(25)12-24-9-7-18-16(8-10-27-18)20(24)15-4-5-15/h3,6,8,10-11,15,20H,4-5,7,9,12H2,1-2H3,(H2,22,23,25,26)/t20-/m0/s1. The zero-order valence-electron chi connectivity index (χ0n) is 15.7. The van der Waals surface area contributed by atoms with E-state index < -0.39 is 6.03 Å². The molecule has 0 spiro atoms. The molecule has 1 aromatic heterocycles. The van der Waals surface area contributed by atoms with Crippen LogP contribution < -0.4 is 10.6 Å². The molecule has 1 fully saturated rings. The second-order valence-electron chi connectivity index (χ2n) is 7.62. The number of anilines is 1. The first-order valence-electron chi connectivity index (χ1n) is 9.49. The van der Waals surface area contributed by atoms with Gasteiger partial charge in [0.1, 0.15) is 0 Å². The molecule has 3 amide bonds. The number of fused-ring (bicyclic) bond motifs is 1. The number of benzene rings is 1. The van der Waals surface area contributed by atoms with Gasteiger partial charge in [0.05, 0.1) is 6.54 Å². The highest BCUT2D eigenvalue weighted by molar-refractivity contribution is 7.10. The maximum Gasteiger partial charge on any atom is 0.325 e. The number of hydrogen-bond acceptors (Lipinski definition) is 4. The molecule has 1 aliphatic heterocycles. The fraction of sp³-hybridized carbons (Fsp3) is 0.429. The summed E-state index contributed by atoms with van der Waals surface area (Å²) < 4.78 is 0. The van der Waals surface area contributed by atoms with Crippen molar-refractivity contribution >= 4 is 29.0 Å². The molecular weight excluding hydrogens is 358 g/mol. The minimum absolute atomic E-state index is 0.249. The van der Waals surface area contributed by atoms with Crippen LogP contribution in [0.2, 0.25) is 0 Å². The predicted molar refractivity (Wildman–Crippen MR) is 108 cm³/mol. The molecule has 1 aliphatic carbocycles. The third-order valence-electron chi connectivity index (χ3n) is 5.42. The van der Waals surface area contributed by atoms with E-state index in [4.69, 9.17) is 0 Å². The van der Waals surface area contributed by atoms with Gasteiger partial charge in [-0.25, -0.2) is 4.79 Å². The Kier molecular flexibility index (Phi) is 5.02. The molecule has 1 saturated carbocycles. The van der Waals surface area contributed by atoms with Gasteiger partial charge in [-0.2, -0.15) is 0 Å². The first-order chi connectivity index (χ1) is 13.0. The lowest BCUT2D eigenvalue weighted by Gasteiger charge is -2.35. The van der Waals surface area contributed by atoms with Crippen LogP contribution in [0.25, 0.3) is 0 Å². The number of aryl methyl sites for hydroxylation is 2. The maximum absolute atomic E-state index is 12.5. The Morgan fingerprint density at radius 3 is 2.78 bits per heavy atom. The third-order valence-corrected chi connectivity index (χ3v) is 6.41. The summed E-state index contributed by atoms with van der Waals surface area (Å²) in [5.74, 6) is 0.400. The normalized spacial score (nSPS) is 19.4. The van der Waals surface area contributed by atoms with Crippen LogP contribution in [0.4, 0.5) is 10.5 Å². The van der Waals surface area contributed by atoms with Crippen molar-refractivity contribution in [2.45, 2.75) is 39.2 Å². The van der Waals surface area contributed by atoms with Gasteiger partial charge in [0.25, 0.3) is 0 Å². The SMILES string of the molecule is Cc1ccc(NC(=O)NC(=O)CN2CCc3sccc3[C@@H]2C2CC2)c(C)c1. The Morgan fingerprint density at radius 2 is 2.04 bits per heavy atom. The molecule has 2 aromatic rings. The number of carbonyl (C=O) groups is 2. The Labute approximate surface area is 163 Å². The number of rotatable bonds is 4. The zero-order chi connectivity index (χ0) is 19.0. The van der Waals surface area contributed by atoms with Gasteiger partial charge >= 0.3 is 6.03 Å². The van der Waals surface area contributed by atoms with Crippen molar-refractivity contribution in [2.24, 2.45) is 5.92 Å². The van der Waals surface area contributed by atoms with Gasteiger partial charge in [-0.05, 0) is 67.7 Å². The number of urea groups is 1. The van der Waals surface area contributed by atoms with E-state index in [1.54, 1.807) is 0 Å². The predicted octanol–water partition coefficient (Wildman–Crippen LogP) is 4.02. The summed E-state index contributed by atoms with van der Waals surface area (Å²) in [6.45, 7) is 5.09. The summed E-state index contributed by atoms with van der Waals surface area (Å²) in [6, 6.07) is 7.87. The first-order valence-corrected chi connectivity index (χ1v) is 10.4. The van der Waals surface area contributed by atoms with E-state index in [0.717, 1.165) is 29.8 Å². The molecule has 5 nitrogen and oxygen atoms in total. The lowest BCUT2D eigenvalue weighted by atomic mass is 9.96. The van der Waals surface area contributed by atoms with Crippen LogP contribution in [0.3, 0.4) is 0 Å². The van der Waals surface area contributed by atoms with E-state index in [2.05, 4.69) is 27.0 Å². The van der Waals surface area contributed by atoms with E-state index >= 15 is 0 Å². The molecule has 2 aliphatic rings. The largest absolute Gasteiger partial charge is 0.325 e. The highest BCUT2D eigenvalue weighted by Gasteiger charge is 2.40. The summed E-state index contributed by atoms with van der Waals surface area (Å²) in [5.41, 5.74) is 4.23. The van der Waals surface area contributed by atoms with E-state index in [1.165, 1.54) is 23.3 Å². The second-order valence-corrected chi connectivity index (χ2v) is 8.62. The molecule has 1 atom stereocenters. The van der Waals surface area contributed by atoms with Gasteiger partial charge in [-0.1, -0.05) is 17.7 Å². The van der Waals surface area contributed by atoms with Crippen molar-refractivity contribution in [2.75, 3.05) is 18.4 Å². The number of amides is 3. The summed E-state index contributed by atoms with van der Waals surface area (Å²) in [7, 11) is 0. The lowest BCUT2D eigenvalue weighted by molar-refractivity contribution is -0.121. The first kappa shape index (κ1) is 18.2. The van der Waals surface area contributed by atoms with Crippen LogP contribution in [-0.4, -0.2) is 29.9 Å². The maximum atomic E-state index is 12.5. The monoisotopic (exact) mass is 383 g/mol. The van der Waals surface area contributed by atoms with Gasteiger partial charge in [0, 0.05) is 23.2 Å². The molecule has 6 heteroatoms. The molecule has 142 valence electrons. The molecular formula is C21H25N3O2S. The third kappa shape index (κ3) is 4.06. The molecule has 2 N–H and O–H groups in total. The van der Waals surface area contributed by atoms with Crippen molar-refractivity contribution in [1.29, 1.82) is 0 Å². The smallest absolute Gasteiger partial charge is 0.307 e. The molecule has 0 saturated heterocycles. The van der Waals surface area contributed by atoms with Gasteiger partial charge < -0.3 is 5.32 Å². The van der Waals surface area contributed by atoms with Gasteiger partial charge in [0.15, 0.2) is 0 Å². The lowest BCUT2D eigenvalue weighted by Crippen LogP contribution is -2.45. The molecule has 1 aromatic carbocycles. The number of nitrogens with one attached hydrogen (secondary N) is 2. The average molecular weight is 384 g/mol. The number of carbonyl (C=O) groups excluding carboxylic acids is 2. The topological polar surface area (TPSA) is 61.4 Å². The number of hydrogen-bond donors (Lipinski definition) is 2. The van der Waals surface area contributed by atoms with Gasteiger partial charge in [-0.15, -0.1) is 11.3 Å². The minimum Gasteiger partial charge on any atom is -0.307 e. The highest BCUT2D eigenvalue weighted by atomic mass is 32.1. The van der Waals surface area contributed by atoms with E-state index in [0.29, 0.717) is 12.0 Å². The Hall–Kier alpha value is -2.18. The minimum atomic E-state index is -0.469. The van der Waals surface area contributed by atoms with Crippen LogP contribution in [-0.2, 0) is 11.2 Å². The van der Waals surface area contributed by atoms with Crippen molar-refractivity contribution in [3.63, 3.8) is 0 Å². The Bertz CT molecular complexity index is 872. The van der Waals surface area contributed by atoms with Crippen molar-refractivity contribution < 1.29 is 9.59 Å². The van der Waals surface area contributed by atoms with E-state index in [-0.39, 0.29) is 12.5 Å². The Morgan fingerprint density at radius 1 is 1.22 bits per heavy atom. The summed E-state index contributed by atoms with van der Waals surface area (Å²) in [4.78, 5) is 28.4. The molecule has 27 heavy (non-hydrogen) atoms. The number of nitrogens with zero attached hydrogens (tertiary/aromatic N) is 1. The van der Waals surface area contributed by atoms with Crippen LogP contribution in [0, 0.1) is 19.8 Å². The van der Waals surface area contributed by atoms with Crippen LogP contribution in [0.5, 0.6) is 0 Å². The van der Waals surface area contributed by atoms with Crippen molar-refractivity contribution in [3.8, 4) is 0 Å². The number of thiophene rings is 1. The van der Waals surface area contributed by atoms with Crippen molar-refractivity contribution in [3.05, 3.63) is 51.2 Å². The molecule has 4 rings (SSSR count). The average Bonchev–Trinajstić information content (AvgIpc) is 3.33. The summed E-state index contributed by atoms with van der Waals surface area (Å²) in [6.07, 6.45) is 3.44. The van der Waals surface area contributed by atoms with E-state index in [1.807, 2.05) is 43.4 Å². The Balaban J connectivity index is 1.37. The van der Waals surface area contributed by atoms with Crippen LogP contribution in [0.1, 0.15) is 40.5 Å². The number of imide groups is 1. The summed E-state index contributed by atoms with van der Waals surface area (Å²) >= 11 is 1.82. The second kappa shape index (κ2) is 7.44. The molecule has 0 bridgehead atoms. The fourth-order valence-corrected chi connectivity index (χ4v) is 4.91. The van der Waals surface area contributed by atoms with E-state index in [9.17, 15) is 9.59 Å². The molecule has 0 radical (unpaired) electrons. The summed E-state index contributed by atoms with van der Waals surface area (Å²) in [5, 5.41) is 7.42. The zero-order valence-corrected chi connectivity index (χ0v) is 16.6.